The van der Waals surface area contributed by atoms with Gasteiger partial charge in [0.15, 0.2) is 23.6 Å². The van der Waals surface area contributed by atoms with Crippen LogP contribution in [0.15, 0.2) is 48.5 Å². The van der Waals surface area contributed by atoms with Crippen LogP contribution >= 0.6 is 22.6 Å². The molecule has 1 atom stereocenters. The molecule has 0 radical (unpaired) electrons. The van der Waals surface area contributed by atoms with E-state index in [0.29, 0.717) is 6.42 Å². The van der Waals surface area contributed by atoms with Crippen molar-refractivity contribution >= 4 is 34.5 Å². The summed E-state index contributed by atoms with van der Waals surface area (Å²) in [5.41, 5.74) is 2.24. The summed E-state index contributed by atoms with van der Waals surface area (Å²) < 4.78 is 18.3. The second-order valence-electron chi connectivity index (χ2n) is 7.46. The topological polar surface area (TPSA) is 44.8 Å². The van der Waals surface area contributed by atoms with Gasteiger partial charge in [-0.05, 0) is 96.2 Å². The van der Waals surface area contributed by atoms with E-state index in [4.69, 9.17) is 14.2 Å². The Hall–Kier alpha value is -1.86. The van der Waals surface area contributed by atoms with Crippen LogP contribution in [0.25, 0.3) is 6.08 Å². The lowest BCUT2D eigenvalue weighted by Gasteiger charge is -2.24. The summed E-state index contributed by atoms with van der Waals surface area (Å²) in [6.45, 7) is 0.749. The normalized spacial score (nSPS) is 16.5. The number of aryl methyl sites for hydroxylation is 1. The first-order valence-electron chi connectivity index (χ1n) is 10.6. The molecule has 1 aliphatic heterocycles. The summed E-state index contributed by atoms with van der Waals surface area (Å²) in [5, 5.41) is 0. The molecule has 0 amide bonds. The number of ketones is 1. The van der Waals surface area contributed by atoms with Crippen LogP contribution in [0.5, 0.6) is 11.5 Å². The Labute approximate surface area is 192 Å². The minimum atomic E-state index is -0.194. The standard InChI is InChI=1S/C25H29IO4/c1-28-23-16-12-20(18-24(23)30-25-8-4-5-17-29-25)6-2-3-7-22(27)15-11-19-9-13-21(26)14-10-19/h9-16,18,25H,2-8,17H2,1H3/b15-11+. The van der Waals surface area contributed by atoms with Crippen molar-refractivity contribution in [2.45, 2.75) is 51.2 Å². The third kappa shape index (κ3) is 7.43. The molecule has 0 aromatic heterocycles. The van der Waals surface area contributed by atoms with Gasteiger partial charge in [-0.1, -0.05) is 24.3 Å². The van der Waals surface area contributed by atoms with Gasteiger partial charge in [0, 0.05) is 16.4 Å². The van der Waals surface area contributed by atoms with E-state index in [1.54, 1.807) is 13.2 Å². The predicted molar refractivity (Wildman–Crippen MR) is 128 cm³/mol. The number of carbonyl (C=O) groups is 1. The maximum Gasteiger partial charge on any atom is 0.200 e. The average Bonchev–Trinajstić information content (AvgIpc) is 2.77. The number of halogens is 1. The van der Waals surface area contributed by atoms with Crippen molar-refractivity contribution in [3.8, 4) is 11.5 Å². The quantitative estimate of drug-likeness (QED) is 0.213. The van der Waals surface area contributed by atoms with E-state index in [0.717, 1.165) is 62.2 Å². The van der Waals surface area contributed by atoms with Gasteiger partial charge in [-0.3, -0.25) is 4.79 Å². The molecule has 0 aliphatic carbocycles. The Bertz CT molecular complexity index is 839. The molecule has 1 unspecified atom stereocenters. The summed E-state index contributed by atoms with van der Waals surface area (Å²) in [6, 6.07) is 14.2. The summed E-state index contributed by atoms with van der Waals surface area (Å²) >= 11 is 2.27. The fraction of sp³-hybridized carbons (Fsp3) is 0.400. The van der Waals surface area contributed by atoms with Gasteiger partial charge in [0.25, 0.3) is 0 Å². The van der Waals surface area contributed by atoms with Gasteiger partial charge in [0.05, 0.1) is 13.7 Å². The van der Waals surface area contributed by atoms with Crippen LogP contribution in [0.4, 0.5) is 0 Å². The third-order valence-electron chi connectivity index (χ3n) is 5.09. The number of carbonyl (C=O) groups excluding carboxylic acids is 1. The summed E-state index contributed by atoms with van der Waals surface area (Å²) in [5.74, 6) is 1.63. The van der Waals surface area contributed by atoms with E-state index >= 15 is 0 Å². The van der Waals surface area contributed by atoms with E-state index in [1.807, 2.05) is 42.5 Å². The van der Waals surface area contributed by atoms with Crippen molar-refractivity contribution in [2.75, 3.05) is 13.7 Å². The number of rotatable bonds is 10. The number of benzene rings is 2. The maximum atomic E-state index is 12.1. The Morgan fingerprint density at radius 2 is 1.97 bits per heavy atom. The van der Waals surface area contributed by atoms with Crippen LogP contribution in [-0.2, 0) is 16.0 Å². The molecule has 1 aliphatic rings. The van der Waals surface area contributed by atoms with Gasteiger partial charge >= 0.3 is 0 Å². The van der Waals surface area contributed by atoms with Gasteiger partial charge in [-0.15, -0.1) is 0 Å². The van der Waals surface area contributed by atoms with Crippen LogP contribution in [0.1, 0.15) is 49.7 Å². The minimum Gasteiger partial charge on any atom is -0.493 e. The first kappa shape index (κ1) is 22.8. The molecule has 0 saturated carbocycles. The molecule has 30 heavy (non-hydrogen) atoms. The van der Waals surface area contributed by atoms with Crippen molar-refractivity contribution in [3.63, 3.8) is 0 Å². The van der Waals surface area contributed by atoms with Crippen molar-refractivity contribution < 1.29 is 19.0 Å². The number of methoxy groups -OCH3 is 1. The molecular formula is C25H29IO4. The number of allylic oxidation sites excluding steroid dienone is 1. The molecule has 1 fully saturated rings. The number of unbranched alkanes of at least 4 members (excludes halogenated alkanes) is 1. The lowest BCUT2D eigenvalue weighted by molar-refractivity contribution is -0.114. The Kier molecular flexibility index (Phi) is 9.21. The third-order valence-corrected chi connectivity index (χ3v) is 5.81. The van der Waals surface area contributed by atoms with Gasteiger partial charge < -0.3 is 14.2 Å². The smallest absolute Gasteiger partial charge is 0.200 e. The lowest BCUT2D eigenvalue weighted by Crippen LogP contribution is -2.25. The molecule has 0 N–H and O–H groups in total. The first-order valence-corrected chi connectivity index (χ1v) is 11.6. The molecule has 2 aromatic rings. The number of ether oxygens (including phenoxy) is 3. The highest BCUT2D eigenvalue weighted by Gasteiger charge is 2.17. The van der Waals surface area contributed by atoms with Crippen LogP contribution in [0.3, 0.4) is 0 Å². The highest BCUT2D eigenvalue weighted by atomic mass is 127. The second kappa shape index (κ2) is 12.1. The van der Waals surface area contributed by atoms with Crippen LogP contribution in [-0.4, -0.2) is 25.8 Å². The lowest BCUT2D eigenvalue weighted by atomic mass is 10.0. The molecule has 1 heterocycles. The van der Waals surface area contributed by atoms with Crippen molar-refractivity contribution in [2.24, 2.45) is 0 Å². The highest BCUT2D eigenvalue weighted by molar-refractivity contribution is 14.1. The van der Waals surface area contributed by atoms with Crippen LogP contribution in [0.2, 0.25) is 0 Å². The van der Waals surface area contributed by atoms with Crippen molar-refractivity contribution in [1.82, 2.24) is 0 Å². The molecular weight excluding hydrogens is 491 g/mol. The van der Waals surface area contributed by atoms with E-state index in [1.165, 1.54) is 9.13 Å². The molecule has 2 aromatic carbocycles. The number of hydrogen-bond donors (Lipinski definition) is 0. The van der Waals surface area contributed by atoms with E-state index < -0.39 is 0 Å². The van der Waals surface area contributed by atoms with E-state index in [2.05, 4.69) is 28.7 Å². The summed E-state index contributed by atoms with van der Waals surface area (Å²) in [4.78, 5) is 12.1. The van der Waals surface area contributed by atoms with Gasteiger partial charge in [-0.25, -0.2) is 0 Å². The minimum absolute atomic E-state index is 0.168. The second-order valence-corrected chi connectivity index (χ2v) is 8.70. The summed E-state index contributed by atoms with van der Waals surface area (Å²) in [7, 11) is 1.65. The summed E-state index contributed by atoms with van der Waals surface area (Å²) in [6.07, 6.45) is 9.79. The molecule has 4 nitrogen and oxygen atoms in total. The van der Waals surface area contributed by atoms with Crippen LogP contribution < -0.4 is 9.47 Å². The van der Waals surface area contributed by atoms with Gasteiger partial charge in [-0.2, -0.15) is 0 Å². The zero-order chi connectivity index (χ0) is 21.2. The van der Waals surface area contributed by atoms with E-state index in [-0.39, 0.29) is 12.1 Å². The van der Waals surface area contributed by atoms with E-state index in [9.17, 15) is 4.79 Å². The molecule has 0 spiro atoms. The largest absolute Gasteiger partial charge is 0.493 e. The molecule has 3 rings (SSSR count). The molecule has 160 valence electrons. The van der Waals surface area contributed by atoms with Crippen molar-refractivity contribution in [1.29, 1.82) is 0 Å². The number of hydrogen-bond acceptors (Lipinski definition) is 4. The Morgan fingerprint density at radius 1 is 1.13 bits per heavy atom. The van der Waals surface area contributed by atoms with Gasteiger partial charge in [0.1, 0.15) is 0 Å². The zero-order valence-electron chi connectivity index (χ0n) is 17.4. The molecule has 0 bridgehead atoms. The maximum absolute atomic E-state index is 12.1. The predicted octanol–water partition coefficient (Wildman–Crippen LogP) is 6.20. The monoisotopic (exact) mass is 520 g/mol. The average molecular weight is 520 g/mol. The SMILES string of the molecule is COc1ccc(CCCCC(=O)/C=C/c2ccc(I)cc2)cc1OC1CCCCO1. The Morgan fingerprint density at radius 3 is 2.70 bits per heavy atom. The molecule has 5 heteroatoms. The molecule has 1 saturated heterocycles. The van der Waals surface area contributed by atoms with Crippen LogP contribution in [0, 0.1) is 3.57 Å². The fourth-order valence-corrected chi connectivity index (χ4v) is 3.75. The fourth-order valence-electron chi connectivity index (χ4n) is 3.39. The van der Waals surface area contributed by atoms with Crippen molar-refractivity contribution in [3.05, 3.63) is 63.2 Å². The first-order chi connectivity index (χ1) is 14.6. The Balaban J connectivity index is 1.45. The van der Waals surface area contributed by atoms with Gasteiger partial charge in [0.2, 0.25) is 0 Å². The highest BCUT2D eigenvalue weighted by Crippen LogP contribution is 2.31. The zero-order valence-corrected chi connectivity index (χ0v) is 19.6.